The third-order valence-electron chi connectivity index (χ3n) is 3.75. The van der Waals surface area contributed by atoms with Crippen LogP contribution in [0, 0.1) is 0 Å². The fourth-order valence-corrected chi connectivity index (χ4v) is 2.33. The number of nitrogens with one attached hydrogen (secondary N) is 3. The summed E-state index contributed by atoms with van der Waals surface area (Å²) in [6.07, 6.45) is -0.416. The third-order valence-corrected chi connectivity index (χ3v) is 3.75. The van der Waals surface area contributed by atoms with Gasteiger partial charge in [0.1, 0.15) is 5.60 Å². The van der Waals surface area contributed by atoms with Crippen LogP contribution in [-0.2, 0) is 17.8 Å². The Morgan fingerprint density at radius 3 is 2.44 bits per heavy atom. The zero-order chi connectivity index (χ0) is 20.3. The van der Waals surface area contributed by atoms with Crippen LogP contribution in [0.2, 0.25) is 0 Å². The molecule has 0 spiro atoms. The molecule has 1 amide bonds. The van der Waals surface area contributed by atoms with Crippen LogP contribution in [0.25, 0.3) is 0 Å². The molecule has 0 aliphatic rings. The van der Waals surface area contributed by atoms with E-state index < -0.39 is 11.7 Å². The van der Waals surface area contributed by atoms with Crippen LogP contribution >= 0.6 is 0 Å². The zero-order valence-electron chi connectivity index (χ0n) is 17.6. The first-order valence-electron chi connectivity index (χ1n) is 9.41. The van der Waals surface area contributed by atoms with Crippen molar-refractivity contribution in [3.63, 3.8) is 0 Å². The summed E-state index contributed by atoms with van der Waals surface area (Å²) in [5, 5.41) is 9.17. The number of guanidine groups is 1. The molecule has 0 bridgehead atoms. The molecule has 0 fully saturated rings. The second kappa shape index (κ2) is 11.4. The van der Waals surface area contributed by atoms with Crippen molar-refractivity contribution in [2.75, 3.05) is 33.7 Å². The fraction of sp³-hybridized carbons (Fsp3) is 0.600. The highest BCUT2D eigenvalue weighted by Crippen LogP contribution is 2.08. The molecule has 1 aromatic rings. The molecule has 1 aromatic carbocycles. The summed E-state index contributed by atoms with van der Waals surface area (Å²) in [6.45, 7) is 11.3. The van der Waals surface area contributed by atoms with Crippen molar-refractivity contribution in [2.24, 2.45) is 4.99 Å². The van der Waals surface area contributed by atoms with Crippen molar-refractivity contribution in [2.45, 2.75) is 46.4 Å². The average molecular weight is 378 g/mol. The summed E-state index contributed by atoms with van der Waals surface area (Å²) in [5.74, 6) is 0.692. The van der Waals surface area contributed by atoms with Gasteiger partial charge in [-0.2, -0.15) is 0 Å². The van der Waals surface area contributed by atoms with Crippen LogP contribution in [0.3, 0.4) is 0 Å². The summed E-state index contributed by atoms with van der Waals surface area (Å²) < 4.78 is 5.20. The molecule has 1 rings (SSSR count). The van der Waals surface area contributed by atoms with Crippen LogP contribution in [0.1, 0.15) is 38.8 Å². The summed E-state index contributed by atoms with van der Waals surface area (Å²) >= 11 is 0. The van der Waals surface area contributed by atoms with E-state index in [1.54, 1.807) is 7.05 Å². The van der Waals surface area contributed by atoms with Crippen LogP contribution in [0.5, 0.6) is 0 Å². The van der Waals surface area contributed by atoms with Crippen molar-refractivity contribution in [3.8, 4) is 0 Å². The zero-order valence-corrected chi connectivity index (χ0v) is 17.6. The lowest BCUT2D eigenvalue weighted by Gasteiger charge is -2.20. The first-order chi connectivity index (χ1) is 12.7. The molecule has 0 atom stereocenters. The molecule has 0 aromatic heterocycles. The van der Waals surface area contributed by atoms with Gasteiger partial charge in [-0.3, -0.25) is 4.99 Å². The Balaban J connectivity index is 2.36. The van der Waals surface area contributed by atoms with E-state index in [2.05, 4.69) is 64.1 Å². The number of alkyl carbamates (subject to hydrolysis) is 1. The lowest BCUT2D eigenvalue weighted by Crippen LogP contribution is -2.42. The molecule has 0 radical (unpaired) electrons. The van der Waals surface area contributed by atoms with Crippen molar-refractivity contribution in [1.82, 2.24) is 20.9 Å². The highest BCUT2D eigenvalue weighted by Gasteiger charge is 2.15. The fourth-order valence-electron chi connectivity index (χ4n) is 2.33. The summed E-state index contributed by atoms with van der Waals surface area (Å²) in [4.78, 5) is 18.1. The molecule has 0 saturated heterocycles. The molecule has 27 heavy (non-hydrogen) atoms. The van der Waals surface area contributed by atoms with Gasteiger partial charge in [-0.15, -0.1) is 0 Å². The van der Waals surface area contributed by atoms with Gasteiger partial charge in [0.2, 0.25) is 0 Å². The van der Waals surface area contributed by atoms with E-state index in [1.165, 1.54) is 11.1 Å². The Morgan fingerprint density at radius 2 is 1.81 bits per heavy atom. The van der Waals surface area contributed by atoms with E-state index in [-0.39, 0.29) is 0 Å². The van der Waals surface area contributed by atoms with Gasteiger partial charge < -0.3 is 25.6 Å². The second-order valence-electron chi connectivity index (χ2n) is 7.43. The molecule has 0 saturated carbocycles. The molecule has 152 valence electrons. The minimum atomic E-state index is -0.490. The minimum absolute atomic E-state index is 0.416. The molecule has 0 heterocycles. The molecule has 7 nitrogen and oxygen atoms in total. The standard InChI is InChI=1S/C20H35N5O2/c1-7-25(6)15-17-10-8-9-16(13-17)14-24-18(21-5)22-11-12-23-19(26)27-20(2,3)4/h8-10,13H,7,11-12,14-15H2,1-6H3,(H,23,26)(H2,21,22,24). The van der Waals surface area contributed by atoms with Gasteiger partial charge in [0.15, 0.2) is 5.96 Å². The Morgan fingerprint density at radius 1 is 1.15 bits per heavy atom. The van der Waals surface area contributed by atoms with E-state index in [4.69, 9.17) is 4.74 Å². The number of rotatable bonds is 8. The number of carbonyl (C=O) groups is 1. The van der Waals surface area contributed by atoms with Gasteiger partial charge in [0, 0.05) is 33.2 Å². The van der Waals surface area contributed by atoms with Crippen LogP contribution in [0.15, 0.2) is 29.3 Å². The Hall–Kier alpha value is -2.28. The molecule has 0 aliphatic heterocycles. The molecule has 7 heteroatoms. The van der Waals surface area contributed by atoms with Gasteiger partial charge in [-0.1, -0.05) is 31.2 Å². The van der Waals surface area contributed by atoms with Gasteiger partial charge in [0.05, 0.1) is 0 Å². The van der Waals surface area contributed by atoms with E-state index in [1.807, 2.05) is 20.8 Å². The van der Waals surface area contributed by atoms with Crippen molar-refractivity contribution in [3.05, 3.63) is 35.4 Å². The summed E-state index contributed by atoms with van der Waals surface area (Å²) in [5.41, 5.74) is 2.00. The second-order valence-corrected chi connectivity index (χ2v) is 7.43. The van der Waals surface area contributed by atoms with E-state index in [0.717, 1.165) is 13.1 Å². The molecule has 3 N–H and O–H groups in total. The van der Waals surface area contributed by atoms with Crippen molar-refractivity contribution >= 4 is 12.1 Å². The molecular formula is C20H35N5O2. The number of benzene rings is 1. The number of ether oxygens (including phenoxy) is 1. The number of carbonyl (C=O) groups excluding carboxylic acids is 1. The number of amides is 1. The average Bonchev–Trinajstić information content (AvgIpc) is 2.59. The van der Waals surface area contributed by atoms with E-state index in [0.29, 0.717) is 25.6 Å². The predicted molar refractivity (Wildman–Crippen MR) is 111 cm³/mol. The smallest absolute Gasteiger partial charge is 0.407 e. The molecular weight excluding hydrogens is 342 g/mol. The number of nitrogens with zero attached hydrogens (tertiary/aromatic N) is 2. The minimum Gasteiger partial charge on any atom is -0.444 e. The number of hydrogen-bond acceptors (Lipinski definition) is 4. The Kier molecular flexibility index (Phi) is 9.64. The first-order valence-corrected chi connectivity index (χ1v) is 9.41. The van der Waals surface area contributed by atoms with Crippen LogP contribution in [-0.4, -0.2) is 56.3 Å². The first kappa shape index (κ1) is 22.8. The summed E-state index contributed by atoms with van der Waals surface area (Å²) in [6, 6.07) is 8.53. The highest BCUT2D eigenvalue weighted by atomic mass is 16.6. The largest absolute Gasteiger partial charge is 0.444 e. The lowest BCUT2D eigenvalue weighted by molar-refractivity contribution is 0.0529. The topological polar surface area (TPSA) is 78.0 Å². The number of aliphatic imine (C=N–C) groups is 1. The van der Waals surface area contributed by atoms with Crippen molar-refractivity contribution < 1.29 is 9.53 Å². The SMILES string of the molecule is CCN(C)Cc1cccc(CNC(=NC)NCCNC(=O)OC(C)(C)C)c1. The van der Waals surface area contributed by atoms with E-state index >= 15 is 0 Å². The van der Waals surface area contributed by atoms with Crippen LogP contribution < -0.4 is 16.0 Å². The summed E-state index contributed by atoms with van der Waals surface area (Å²) in [7, 11) is 3.84. The maximum atomic E-state index is 11.6. The Bertz CT molecular complexity index is 611. The van der Waals surface area contributed by atoms with Gasteiger partial charge in [-0.05, 0) is 45.5 Å². The van der Waals surface area contributed by atoms with Crippen LogP contribution in [0.4, 0.5) is 4.79 Å². The van der Waals surface area contributed by atoms with E-state index in [9.17, 15) is 4.79 Å². The third kappa shape index (κ3) is 10.5. The van der Waals surface area contributed by atoms with Gasteiger partial charge in [-0.25, -0.2) is 4.79 Å². The molecule has 0 unspecified atom stereocenters. The van der Waals surface area contributed by atoms with Gasteiger partial charge >= 0.3 is 6.09 Å². The molecule has 0 aliphatic carbocycles. The quantitative estimate of drug-likeness (QED) is 0.368. The predicted octanol–water partition coefficient (Wildman–Crippen LogP) is 2.33. The maximum absolute atomic E-state index is 11.6. The normalized spacial score (nSPS) is 12.0. The van der Waals surface area contributed by atoms with Gasteiger partial charge in [0.25, 0.3) is 0 Å². The lowest BCUT2D eigenvalue weighted by atomic mass is 10.1. The maximum Gasteiger partial charge on any atom is 0.407 e. The highest BCUT2D eigenvalue weighted by molar-refractivity contribution is 5.79. The number of hydrogen-bond donors (Lipinski definition) is 3. The van der Waals surface area contributed by atoms with Crippen molar-refractivity contribution in [1.29, 1.82) is 0 Å². The Labute approximate surface area is 163 Å². The monoisotopic (exact) mass is 377 g/mol.